The molecule has 3 aromatic carbocycles. The standard InChI is InChI=1S/C28H21BN2O2/c1-3-22(30-4-2)18-11-13-20-26(16-18)32-24-9-7-10-25-28(24)29(20)21-14-12-19(17-27(21)33-25)23-8-5-6-15-31-23/h3-17H,1-2H3/b22-3-,30-4?. The number of aromatic nitrogens is 1. The summed E-state index contributed by atoms with van der Waals surface area (Å²) in [5.41, 5.74) is 7.26. The number of ether oxygens (including phenoxy) is 2. The van der Waals surface area contributed by atoms with Crippen LogP contribution in [0.25, 0.3) is 17.0 Å². The third-order valence-corrected chi connectivity index (χ3v) is 6.20. The zero-order valence-corrected chi connectivity index (χ0v) is 18.4. The SMILES string of the molecule is CC=N/C(=C\C)c1ccc2c(c1)Oc1cccc3c1B2c1ccc(-c2ccccn2)cc1O3. The molecule has 33 heavy (non-hydrogen) atoms. The number of nitrogens with zero attached hydrogens (tertiary/aromatic N) is 2. The molecule has 0 saturated carbocycles. The van der Waals surface area contributed by atoms with Gasteiger partial charge in [-0.3, -0.25) is 9.98 Å². The minimum atomic E-state index is 0.0410. The second-order valence-corrected chi connectivity index (χ2v) is 8.09. The van der Waals surface area contributed by atoms with Crippen molar-refractivity contribution in [2.75, 3.05) is 0 Å². The molecule has 0 N–H and O–H groups in total. The monoisotopic (exact) mass is 428 g/mol. The number of rotatable bonds is 3. The van der Waals surface area contributed by atoms with E-state index in [1.807, 2.05) is 68.7 Å². The second kappa shape index (κ2) is 7.78. The molecule has 0 atom stereocenters. The summed E-state index contributed by atoms with van der Waals surface area (Å²) in [6.45, 7) is 3.96. The fourth-order valence-electron chi connectivity index (χ4n) is 4.73. The van der Waals surface area contributed by atoms with E-state index in [1.54, 1.807) is 0 Å². The average Bonchev–Trinajstić information content (AvgIpc) is 2.87. The van der Waals surface area contributed by atoms with Crippen LogP contribution in [0.4, 0.5) is 0 Å². The zero-order valence-electron chi connectivity index (χ0n) is 18.4. The van der Waals surface area contributed by atoms with E-state index in [-0.39, 0.29) is 6.71 Å². The second-order valence-electron chi connectivity index (χ2n) is 8.09. The molecule has 0 radical (unpaired) electrons. The first-order valence-corrected chi connectivity index (χ1v) is 11.1. The number of hydrogen-bond donors (Lipinski definition) is 0. The van der Waals surface area contributed by atoms with Gasteiger partial charge in [-0.2, -0.15) is 0 Å². The van der Waals surface area contributed by atoms with Gasteiger partial charge in [0, 0.05) is 29.0 Å². The van der Waals surface area contributed by atoms with Crippen LogP contribution < -0.4 is 25.9 Å². The molecule has 158 valence electrons. The van der Waals surface area contributed by atoms with E-state index in [1.165, 1.54) is 0 Å². The summed E-state index contributed by atoms with van der Waals surface area (Å²) in [5, 5.41) is 0. The first-order valence-electron chi connectivity index (χ1n) is 11.1. The van der Waals surface area contributed by atoms with Crippen molar-refractivity contribution in [3.05, 3.63) is 90.6 Å². The van der Waals surface area contributed by atoms with E-state index in [0.717, 1.165) is 61.9 Å². The fraction of sp³-hybridized carbons (Fsp3) is 0.0714. The normalized spacial score (nSPS) is 13.6. The molecule has 4 aromatic rings. The first-order chi connectivity index (χ1) is 16.3. The number of fused-ring (bicyclic) bond motifs is 4. The molecule has 3 heterocycles. The number of hydrogen-bond acceptors (Lipinski definition) is 4. The maximum Gasteiger partial charge on any atom is 0.260 e. The number of allylic oxidation sites excluding steroid dienone is 1. The number of pyridine rings is 1. The highest BCUT2D eigenvalue weighted by molar-refractivity contribution is 6.98. The van der Waals surface area contributed by atoms with Crippen molar-refractivity contribution >= 4 is 35.0 Å². The van der Waals surface area contributed by atoms with E-state index in [4.69, 9.17) is 9.47 Å². The van der Waals surface area contributed by atoms with Gasteiger partial charge in [0.1, 0.15) is 23.0 Å². The van der Waals surface area contributed by atoms with Gasteiger partial charge in [-0.05, 0) is 61.2 Å². The Morgan fingerprint density at radius 2 is 1.58 bits per heavy atom. The Labute approximate surface area is 193 Å². The average molecular weight is 428 g/mol. The van der Waals surface area contributed by atoms with Gasteiger partial charge >= 0.3 is 0 Å². The van der Waals surface area contributed by atoms with Crippen molar-refractivity contribution in [3.8, 4) is 34.3 Å². The lowest BCUT2D eigenvalue weighted by Crippen LogP contribution is -2.57. The quantitative estimate of drug-likeness (QED) is 0.297. The van der Waals surface area contributed by atoms with Gasteiger partial charge in [0.15, 0.2) is 0 Å². The summed E-state index contributed by atoms with van der Waals surface area (Å²) < 4.78 is 12.8. The largest absolute Gasteiger partial charge is 0.458 e. The van der Waals surface area contributed by atoms with Crippen LogP contribution in [0, 0.1) is 0 Å². The number of benzene rings is 3. The summed E-state index contributed by atoms with van der Waals surface area (Å²) in [4.78, 5) is 9.00. The highest BCUT2D eigenvalue weighted by atomic mass is 16.5. The molecule has 2 aliphatic rings. The van der Waals surface area contributed by atoms with Crippen LogP contribution >= 0.6 is 0 Å². The van der Waals surface area contributed by atoms with Gasteiger partial charge in [-0.25, -0.2) is 0 Å². The summed E-state index contributed by atoms with van der Waals surface area (Å²) in [5.74, 6) is 3.38. The molecule has 1 aromatic heterocycles. The Morgan fingerprint density at radius 1 is 0.818 bits per heavy atom. The maximum absolute atomic E-state index is 6.38. The molecule has 0 saturated heterocycles. The Morgan fingerprint density at radius 3 is 2.27 bits per heavy atom. The lowest BCUT2D eigenvalue weighted by Gasteiger charge is -2.33. The van der Waals surface area contributed by atoms with Crippen LogP contribution in [0.3, 0.4) is 0 Å². The van der Waals surface area contributed by atoms with Crippen molar-refractivity contribution in [2.45, 2.75) is 13.8 Å². The zero-order chi connectivity index (χ0) is 22.4. The Bertz CT molecular complexity index is 1440. The van der Waals surface area contributed by atoms with E-state index < -0.39 is 0 Å². The molecule has 0 amide bonds. The van der Waals surface area contributed by atoms with Crippen molar-refractivity contribution in [1.82, 2.24) is 4.98 Å². The molecule has 0 unspecified atom stereocenters. The van der Waals surface area contributed by atoms with Crippen molar-refractivity contribution in [1.29, 1.82) is 0 Å². The maximum atomic E-state index is 6.38. The molecule has 5 heteroatoms. The van der Waals surface area contributed by atoms with E-state index >= 15 is 0 Å². The van der Waals surface area contributed by atoms with E-state index in [0.29, 0.717) is 0 Å². The first kappa shape index (κ1) is 19.6. The highest BCUT2D eigenvalue weighted by Crippen LogP contribution is 2.36. The molecule has 0 spiro atoms. The van der Waals surface area contributed by atoms with E-state index in [9.17, 15) is 0 Å². The minimum Gasteiger partial charge on any atom is -0.458 e. The molecule has 0 aliphatic carbocycles. The van der Waals surface area contributed by atoms with Crippen molar-refractivity contribution < 1.29 is 9.47 Å². The van der Waals surface area contributed by atoms with Gasteiger partial charge in [0.05, 0.1) is 11.4 Å². The topological polar surface area (TPSA) is 43.7 Å². The third kappa shape index (κ3) is 3.16. The lowest BCUT2D eigenvalue weighted by atomic mass is 9.35. The van der Waals surface area contributed by atoms with Gasteiger partial charge in [0.2, 0.25) is 0 Å². The third-order valence-electron chi connectivity index (χ3n) is 6.20. The van der Waals surface area contributed by atoms with Crippen LogP contribution in [0.15, 0.2) is 90.1 Å². The Hall–Kier alpha value is -4.12. The van der Waals surface area contributed by atoms with Crippen molar-refractivity contribution in [3.63, 3.8) is 0 Å². The summed E-state index contributed by atoms with van der Waals surface area (Å²) in [6.07, 6.45) is 5.63. The van der Waals surface area contributed by atoms with Crippen LogP contribution in [-0.4, -0.2) is 17.9 Å². The van der Waals surface area contributed by atoms with Crippen molar-refractivity contribution in [2.24, 2.45) is 4.99 Å². The van der Waals surface area contributed by atoms with Gasteiger partial charge in [-0.1, -0.05) is 42.5 Å². The molecule has 6 rings (SSSR count). The molecule has 0 bridgehead atoms. The van der Waals surface area contributed by atoms with Crippen LogP contribution in [-0.2, 0) is 0 Å². The smallest absolute Gasteiger partial charge is 0.260 e. The molecular weight excluding hydrogens is 407 g/mol. The lowest BCUT2D eigenvalue weighted by molar-refractivity contribution is 0.464. The van der Waals surface area contributed by atoms with Crippen LogP contribution in [0.2, 0.25) is 0 Å². The molecule has 2 aliphatic heterocycles. The van der Waals surface area contributed by atoms with Crippen LogP contribution in [0.5, 0.6) is 23.0 Å². The molecular formula is C28H21BN2O2. The highest BCUT2D eigenvalue weighted by Gasteiger charge is 2.40. The van der Waals surface area contributed by atoms with Crippen LogP contribution in [0.1, 0.15) is 19.4 Å². The Kier molecular flexibility index (Phi) is 4.61. The predicted molar refractivity (Wildman–Crippen MR) is 135 cm³/mol. The number of aliphatic imine (C=N–C) groups is 1. The molecule has 4 nitrogen and oxygen atoms in total. The summed E-state index contributed by atoms with van der Waals surface area (Å²) in [7, 11) is 0. The summed E-state index contributed by atoms with van der Waals surface area (Å²) >= 11 is 0. The summed E-state index contributed by atoms with van der Waals surface area (Å²) in [6, 6.07) is 24.7. The van der Waals surface area contributed by atoms with E-state index in [2.05, 4.69) is 46.4 Å². The van der Waals surface area contributed by atoms with Gasteiger partial charge < -0.3 is 9.47 Å². The van der Waals surface area contributed by atoms with Gasteiger partial charge in [0.25, 0.3) is 6.71 Å². The van der Waals surface area contributed by atoms with Gasteiger partial charge in [-0.15, -0.1) is 0 Å². The fourth-order valence-corrected chi connectivity index (χ4v) is 4.73. The predicted octanol–water partition coefficient (Wildman–Crippen LogP) is 4.93. The molecule has 0 fully saturated rings. The Balaban J connectivity index is 1.52. The minimum absolute atomic E-state index is 0.0410.